The first-order chi connectivity index (χ1) is 7.47. The molecule has 1 rings (SSSR count). The van der Waals surface area contributed by atoms with Crippen LogP contribution in [-0.2, 0) is 4.74 Å². The summed E-state index contributed by atoms with van der Waals surface area (Å²) in [5.74, 6) is 1.81. The van der Waals surface area contributed by atoms with Crippen LogP contribution >= 0.6 is 15.9 Å². The molecule has 0 heterocycles. The van der Waals surface area contributed by atoms with Gasteiger partial charge in [-0.2, -0.15) is 0 Å². The van der Waals surface area contributed by atoms with Gasteiger partial charge in [-0.25, -0.2) is 4.79 Å². The maximum absolute atomic E-state index is 11.4. The largest absolute Gasteiger partial charge is 0.444 e. The third kappa shape index (κ3) is 7.97. The van der Waals surface area contributed by atoms with Crippen LogP contribution in [0.15, 0.2) is 0 Å². The number of carbonyl (C=O) groups is 1. The number of nitrogens with one attached hydrogen (secondary N) is 1. The van der Waals surface area contributed by atoms with Crippen molar-refractivity contribution in [1.29, 1.82) is 0 Å². The molecule has 0 aromatic rings. The van der Waals surface area contributed by atoms with E-state index in [4.69, 9.17) is 4.74 Å². The zero-order chi connectivity index (χ0) is 12.6. The maximum Gasteiger partial charge on any atom is 0.407 e. The highest BCUT2D eigenvalue weighted by Crippen LogP contribution is 2.18. The Labute approximate surface area is 107 Å². The summed E-state index contributed by atoms with van der Waals surface area (Å²) in [4.78, 5) is 11.4. The molecule has 0 aromatic heterocycles. The van der Waals surface area contributed by atoms with Gasteiger partial charge < -0.3 is 10.1 Å². The first-order valence-corrected chi connectivity index (χ1v) is 7.43. The number of carbonyl (C=O) groups excluding carboxylic acids is 1. The molecule has 0 saturated heterocycles. The van der Waals surface area contributed by atoms with Crippen LogP contribution < -0.4 is 5.32 Å². The summed E-state index contributed by atoms with van der Waals surface area (Å²) in [6, 6.07) is 0.332. The Morgan fingerprint density at radius 2 is 1.69 bits per heavy atom. The summed E-state index contributed by atoms with van der Waals surface area (Å²) in [6.07, 6.45) is 5.66. The van der Waals surface area contributed by atoms with E-state index in [1.54, 1.807) is 0 Å². The molecule has 0 aliphatic heterocycles. The number of rotatable bonds is 1. The van der Waals surface area contributed by atoms with E-state index in [-0.39, 0.29) is 6.09 Å². The van der Waals surface area contributed by atoms with Crippen molar-refractivity contribution >= 4 is 22.0 Å². The van der Waals surface area contributed by atoms with Crippen molar-refractivity contribution in [3.63, 3.8) is 0 Å². The second-order valence-corrected chi connectivity index (χ2v) is 4.98. The highest BCUT2D eigenvalue weighted by molar-refractivity contribution is 9.08. The lowest BCUT2D eigenvalue weighted by atomic mass is 9.96. The van der Waals surface area contributed by atoms with E-state index in [1.807, 2.05) is 26.6 Å². The minimum atomic E-state index is -0.390. The van der Waals surface area contributed by atoms with Crippen molar-refractivity contribution in [3.8, 4) is 0 Å². The summed E-state index contributed by atoms with van der Waals surface area (Å²) in [5.41, 5.74) is -0.390. The van der Waals surface area contributed by atoms with Gasteiger partial charge in [-0.3, -0.25) is 0 Å². The minimum Gasteiger partial charge on any atom is -0.444 e. The second kappa shape index (κ2) is 7.93. The molecule has 1 fully saturated rings. The standard InChI is InChI=1S/C11H21NO2.CH3Br/c1-11(2,3)14-10(13)12-9-7-5-4-6-8-9;1-2/h9H,4-8H2,1-3H3,(H,12,13);1H3. The maximum atomic E-state index is 11.4. The van der Waals surface area contributed by atoms with Gasteiger partial charge >= 0.3 is 6.09 Å². The molecule has 0 spiro atoms. The molecule has 1 aliphatic rings. The van der Waals surface area contributed by atoms with Gasteiger partial charge in [0.05, 0.1) is 0 Å². The van der Waals surface area contributed by atoms with Crippen LogP contribution in [0.4, 0.5) is 4.79 Å². The topological polar surface area (TPSA) is 38.3 Å². The van der Waals surface area contributed by atoms with Crippen LogP contribution in [0.1, 0.15) is 52.9 Å². The first kappa shape index (κ1) is 15.8. The molecule has 1 saturated carbocycles. The number of hydrogen-bond donors (Lipinski definition) is 1. The Morgan fingerprint density at radius 1 is 1.19 bits per heavy atom. The van der Waals surface area contributed by atoms with E-state index in [9.17, 15) is 4.79 Å². The van der Waals surface area contributed by atoms with Crippen molar-refractivity contribution in [2.24, 2.45) is 0 Å². The molecule has 3 nitrogen and oxygen atoms in total. The monoisotopic (exact) mass is 293 g/mol. The van der Waals surface area contributed by atoms with Crippen molar-refractivity contribution in [2.45, 2.75) is 64.5 Å². The van der Waals surface area contributed by atoms with E-state index in [0.29, 0.717) is 6.04 Å². The van der Waals surface area contributed by atoms with E-state index in [0.717, 1.165) is 12.8 Å². The lowest BCUT2D eigenvalue weighted by molar-refractivity contribution is 0.0493. The van der Waals surface area contributed by atoms with Gasteiger partial charge in [0.2, 0.25) is 0 Å². The average molecular weight is 294 g/mol. The van der Waals surface area contributed by atoms with Gasteiger partial charge in [0.1, 0.15) is 5.60 Å². The highest BCUT2D eigenvalue weighted by Gasteiger charge is 2.20. The second-order valence-electron chi connectivity index (χ2n) is 4.98. The number of ether oxygens (including phenoxy) is 1. The van der Waals surface area contributed by atoms with E-state index in [1.165, 1.54) is 19.3 Å². The van der Waals surface area contributed by atoms with Gasteiger partial charge in [0.25, 0.3) is 0 Å². The van der Waals surface area contributed by atoms with Gasteiger partial charge in [-0.1, -0.05) is 35.2 Å². The van der Waals surface area contributed by atoms with Crippen LogP contribution in [0.2, 0.25) is 0 Å². The minimum absolute atomic E-state index is 0.274. The Balaban J connectivity index is 0.00000106. The molecule has 0 atom stereocenters. The number of halogens is 1. The molecule has 0 aromatic carbocycles. The summed E-state index contributed by atoms with van der Waals surface area (Å²) < 4.78 is 5.19. The zero-order valence-electron chi connectivity index (χ0n) is 10.8. The Kier molecular flexibility index (Phi) is 7.81. The molecule has 0 unspecified atom stereocenters. The molecule has 1 N–H and O–H groups in total. The molecular weight excluding hydrogens is 270 g/mol. The molecular formula is C12H24BrNO2. The summed E-state index contributed by atoms with van der Waals surface area (Å²) in [7, 11) is 0. The third-order valence-electron chi connectivity index (χ3n) is 2.33. The van der Waals surface area contributed by atoms with Crippen LogP contribution in [0.3, 0.4) is 0 Å². The van der Waals surface area contributed by atoms with Crippen molar-refractivity contribution in [3.05, 3.63) is 0 Å². The van der Waals surface area contributed by atoms with Gasteiger partial charge in [0.15, 0.2) is 0 Å². The molecule has 1 aliphatic carbocycles. The van der Waals surface area contributed by atoms with Gasteiger partial charge in [-0.15, -0.1) is 0 Å². The van der Waals surface area contributed by atoms with Crippen molar-refractivity contribution in [2.75, 3.05) is 5.83 Å². The molecule has 0 radical (unpaired) electrons. The molecule has 96 valence electrons. The van der Waals surface area contributed by atoms with Crippen molar-refractivity contribution in [1.82, 2.24) is 5.32 Å². The number of alkyl carbamates (subject to hydrolysis) is 1. The fraction of sp³-hybridized carbons (Fsp3) is 0.917. The Hall–Kier alpha value is -0.250. The number of hydrogen-bond acceptors (Lipinski definition) is 2. The SMILES string of the molecule is CBr.CC(C)(C)OC(=O)NC1CCCCC1. The predicted molar refractivity (Wildman–Crippen MR) is 71.1 cm³/mol. The fourth-order valence-corrected chi connectivity index (χ4v) is 1.72. The van der Waals surface area contributed by atoms with Gasteiger partial charge in [0, 0.05) is 6.04 Å². The third-order valence-corrected chi connectivity index (χ3v) is 2.33. The van der Waals surface area contributed by atoms with E-state index < -0.39 is 5.60 Å². The molecule has 4 heteroatoms. The summed E-state index contributed by atoms with van der Waals surface area (Å²) in [6.45, 7) is 5.65. The lowest BCUT2D eigenvalue weighted by Crippen LogP contribution is -2.39. The molecule has 16 heavy (non-hydrogen) atoms. The van der Waals surface area contributed by atoms with E-state index >= 15 is 0 Å². The van der Waals surface area contributed by atoms with Crippen LogP contribution in [-0.4, -0.2) is 23.6 Å². The lowest BCUT2D eigenvalue weighted by Gasteiger charge is -2.25. The van der Waals surface area contributed by atoms with Crippen molar-refractivity contribution < 1.29 is 9.53 Å². The average Bonchev–Trinajstić information content (AvgIpc) is 2.19. The highest BCUT2D eigenvalue weighted by atomic mass is 79.9. The number of alkyl halides is 1. The predicted octanol–water partition coefficient (Wildman–Crippen LogP) is 3.85. The van der Waals surface area contributed by atoms with Gasteiger partial charge in [-0.05, 0) is 39.4 Å². The molecule has 1 amide bonds. The smallest absolute Gasteiger partial charge is 0.407 e. The molecule has 0 bridgehead atoms. The number of amides is 1. The normalized spacial score (nSPS) is 17.1. The summed E-state index contributed by atoms with van der Waals surface area (Å²) in [5, 5.41) is 2.91. The zero-order valence-corrected chi connectivity index (χ0v) is 12.4. The van der Waals surface area contributed by atoms with Crippen LogP contribution in [0, 0.1) is 0 Å². The first-order valence-electron chi connectivity index (χ1n) is 5.85. The Bertz CT molecular complexity index is 196. The van der Waals surface area contributed by atoms with E-state index in [2.05, 4.69) is 21.2 Å². The fourth-order valence-electron chi connectivity index (χ4n) is 1.72. The quantitative estimate of drug-likeness (QED) is 0.746. The Morgan fingerprint density at radius 3 is 2.12 bits per heavy atom. The summed E-state index contributed by atoms with van der Waals surface area (Å²) >= 11 is 2.94. The van der Waals surface area contributed by atoms with Crippen LogP contribution in [0.25, 0.3) is 0 Å². The van der Waals surface area contributed by atoms with Crippen LogP contribution in [0.5, 0.6) is 0 Å².